The molecule has 1 aliphatic carbocycles. The molecule has 1 amide bonds. The van der Waals surface area contributed by atoms with E-state index in [0.29, 0.717) is 5.56 Å². The number of carbonyl (C=O) groups is 1. The third-order valence-corrected chi connectivity index (χ3v) is 6.22. The monoisotopic (exact) mass is 349 g/mol. The van der Waals surface area contributed by atoms with Crippen molar-refractivity contribution in [2.45, 2.75) is 30.3 Å². The van der Waals surface area contributed by atoms with Crippen LogP contribution in [0.5, 0.6) is 5.75 Å². The van der Waals surface area contributed by atoms with Crippen LogP contribution in [0.3, 0.4) is 0 Å². The van der Waals surface area contributed by atoms with E-state index in [0.717, 1.165) is 24.9 Å². The number of likely N-dealkylation sites (N-methyl/N-ethyl adjacent to an activating group) is 2. The molecule has 4 rings (SSSR count). The van der Waals surface area contributed by atoms with Crippen molar-refractivity contribution in [1.29, 1.82) is 0 Å². The van der Waals surface area contributed by atoms with E-state index in [1.54, 1.807) is 6.07 Å². The van der Waals surface area contributed by atoms with E-state index in [1.165, 1.54) is 5.56 Å². The van der Waals surface area contributed by atoms with Crippen LogP contribution in [-0.2, 0) is 11.8 Å². The Morgan fingerprint density at radius 2 is 2.00 bits per heavy atom. The predicted molar refractivity (Wildman–Crippen MR) is 102 cm³/mol. The van der Waals surface area contributed by atoms with Gasteiger partial charge < -0.3 is 21.8 Å². The summed E-state index contributed by atoms with van der Waals surface area (Å²) < 4.78 is 0. The number of phenols is 1. The minimum Gasteiger partial charge on any atom is -0.508 e. The summed E-state index contributed by atoms with van der Waals surface area (Å²) in [5.74, 6) is 0.285. The average Bonchev–Trinajstić information content (AvgIpc) is 2.65. The average molecular weight is 349 g/mol. The van der Waals surface area contributed by atoms with Crippen molar-refractivity contribution in [3.8, 4) is 5.75 Å². The molecule has 2 aliphatic rings. The normalized spacial score (nSPS) is 27.7. The van der Waals surface area contributed by atoms with Crippen LogP contribution < -0.4 is 0 Å². The van der Waals surface area contributed by atoms with Crippen molar-refractivity contribution in [2.75, 3.05) is 20.6 Å². The fourth-order valence-corrected chi connectivity index (χ4v) is 4.83. The van der Waals surface area contributed by atoms with Crippen LogP contribution in [0, 0.1) is 6.92 Å². The van der Waals surface area contributed by atoms with Crippen LogP contribution in [-0.4, -0.2) is 53.5 Å². The van der Waals surface area contributed by atoms with E-state index in [2.05, 4.69) is 18.9 Å². The summed E-state index contributed by atoms with van der Waals surface area (Å²) >= 11 is 0. The Morgan fingerprint density at radius 3 is 2.73 bits per heavy atom. The number of hydrogen-bond acceptors (Lipinski definition) is 3. The van der Waals surface area contributed by atoms with Gasteiger partial charge in [-0.3, -0.25) is 4.79 Å². The van der Waals surface area contributed by atoms with Crippen molar-refractivity contribution < 1.29 is 9.90 Å². The molecule has 4 heteroatoms. The highest BCUT2D eigenvalue weighted by atomic mass is 16.3. The molecule has 26 heavy (non-hydrogen) atoms. The molecular formula is C22H25N2O2-. The number of piperidine rings is 1. The number of carbonyl (C=O) groups excluding carboxylic acids is 1. The van der Waals surface area contributed by atoms with Crippen molar-refractivity contribution in [2.24, 2.45) is 0 Å². The molecular weight excluding hydrogens is 324 g/mol. The highest BCUT2D eigenvalue weighted by Crippen LogP contribution is 2.47. The molecule has 136 valence electrons. The largest absolute Gasteiger partial charge is 0.508 e. The number of aromatic hydroxyl groups is 1. The standard InChI is InChI=1S/C22H25N2O2/c1-22-11-12-23(2)19(13-16-9-10-17(25)14-18(16)22)20(22)24(3)21(26)15-7-5-4-6-8-15/h4-10,14,19-20,25H,1,11-13H2,2-3H3/q-1. The molecule has 1 heterocycles. The predicted octanol–water partition coefficient (Wildman–Crippen LogP) is 2.87. The minimum atomic E-state index is -0.414. The molecule has 3 unspecified atom stereocenters. The second-order valence-corrected chi connectivity index (χ2v) is 7.73. The molecule has 1 N–H and O–H groups in total. The second kappa shape index (κ2) is 6.13. The summed E-state index contributed by atoms with van der Waals surface area (Å²) in [6, 6.07) is 15.2. The first kappa shape index (κ1) is 17.1. The van der Waals surface area contributed by atoms with E-state index >= 15 is 0 Å². The Morgan fingerprint density at radius 1 is 1.27 bits per heavy atom. The Bertz CT molecular complexity index is 835. The number of nitrogens with zero attached hydrogens (tertiary/aromatic N) is 2. The molecule has 2 bridgehead atoms. The summed E-state index contributed by atoms with van der Waals surface area (Å²) in [6.07, 6.45) is 1.72. The van der Waals surface area contributed by atoms with Crippen molar-refractivity contribution in [3.63, 3.8) is 0 Å². The molecule has 0 spiro atoms. The van der Waals surface area contributed by atoms with Crippen LogP contribution in [0.15, 0.2) is 48.5 Å². The van der Waals surface area contributed by atoms with Crippen LogP contribution in [0.2, 0.25) is 0 Å². The van der Waals surface area contributed by atoms with Crippen molar-refractivity contribution >= 4 is 5.91 Å². The summed E-state index contributed by atoms with van der Waals surface area (Å²) in [5.41, 5.74) is 2.59. The number of rotatable bonds is 2. The lowest BCUT2D eigenvalue weighted by Crippen LogP contribution is -2.67. The fraction of sp³-hybridized carbons (Fsp3) is 0.364. The van der Waals surface area contributed by atoms with Crippen molar-refractivity contribution in [1.82, 2.24) is 9.80 Å². The Labute approximate surface area is 155 Å². The number of hydrogen-bond donors (Lipinski definition) is 1. The molecule has 4 nitrogen and oxygen atoms in total. The highest BCUT2D eigenvalue weighted by Gasteiger charge is 2.48. The van der Waals surface area contributed by atoms with Crippen LogP contribution in [0.25, 0.3) is 0 Å². The summed E-state index contributed by atoms with van der Waals surface area (Å²) in [7, 11) is 4.02. The van der Waals surface area contributed by atoms with Gasteiger partial charge in [-0.1, -0.05) is 36.2 Å². The van der Waals surface area contributed by atoms with E-state index in [4.69, 9.17) is 0 Å². The maximum Gasteiger partial charge on any atom is 0.253 e. The van der Waals surface area contributed by atoms with Gasteiger partial charge in [0.2, 0.25) is 0 Å². The zero-order valence-electron chi connectivity index (χ0n) is 15.4. The van der Waals surface area contributed by atoms with Crippen LogP contribution in [0.1, 0.15) is 27.9 Å². The van der Waals surface area contributed by atoms with E-state index in [9.17, 15) is 9.90 Å². The van der Waals surface area contributed by atoms with Gasteiger partial charge in [-0.15, -0.1) is 5.41 Å². The molecule has 0 aromatic heterocycles. The number of likely N-dealkylation sites (tertiary alicyclic amines) is 1. The number of phenolic OH excluding ortho intramolecular Hbond substituents is 1. The van der Waals surface area contributed by atoms with Gasteiger partial charge in [0.25, 0.3) is 5.91 Å². The quantitative estimate of drug-likeness (QED) is 0.848. The maximum absolute atomic E-state index is 13.1. The lowest BCUT2D eigenvalue weighted by Gasteiger charge is -2.61. The highest BCUT2D eigenvalue weighted by molar-refractivity contribution is 5.94. The molecule has 2 aromatic rings. The SMILES string of the molecule is [CH2-]C12CCN(C)C(Cc3ccc(O)cc31)C2N(C)C(=O)c1ccccc1. The Hall–Kier alpha value is -2.33. The Kier molecular flexibility index (Phi) is 4.03. The molecule has 2 aromatic carbocycles. The van der Waals surface area contributed by atoms with Gasteiger partial charge in [-0.25, -0.2) is 0 Å². The van der Waals surface area contributed by atoms with Crippen LogP contribution in [0.4, 0.5) is 0 Å². The number of fused-ring (bicyclic) bond motifs is 4. The van der Waals surface area contributed by atoms with Gasteiger partial charge in [-0.05, 0) is 49.8 Å². The fourth-order valence-electron chi connectivity index (χ4n) is 4.83. The minimum absolute atomic E-state index is 0.0209. The van der Waals surface area contributed by atoms with Crippen LogP contribution >= 0.6 is 0 Å². The van der Waals surface area contributed by atoms with Gasteiger partial charge in [0, 0.05) is 24.7 Å². The lowest BCUT2D eigenvalue weighted by molar-refractivity contribution is 0.0136. The second-order valence-electron chi connectivity index (χ2n) is 7.73. The van der Waals surface area contributed by atoms with Gasteiger partial charge in [0.05, 0.1) is 0 Å². The maximum atomic E-state index is 13.1. The third kappa shape index (κ3) is 2.52. The van der Waals surface area contributed by atoms with E-state index < -0.39 is 5.41 Å². The first-order valence-corrected chi connectivity index (χ1v) is 9.12. The first-order chi connectivity index (χ1) is 12.4. The molecule has 1 fully saturated rings. The van der Waals surface area contributed by atoms with E-state index in [-0.39, 0.29) is 23.7 Å². The van der Waals surface area contributed by atoms with Crippen molar-refractivity contribution in [3.05, 3.63) is 72.1 Å². The Balaban J connectivity index is 1.78. The summed E-state index contributed by atoms with van der Waals surface area (Å²) in [4.78, 5) is 17.3. The summed E-state index contributed by atoms with van der Waals surface area (Å²) in [6.45, 7) is 5.55. The molecule has 3 atom stereocenters. The zero-order chi connectivity index (χ0) is 18.5. The summed E-state index contributed by atoms with van der Waals surface area (Å²) in [5, 5.41) is 10.0. The number of amides is 1. The van der Waals surface area contributed by atoms with Gasteiger partial charge >= 0.3 is 0 Å². The molecule has 1 aliphatic heterocycles. The van der Waals surface area contributed by atoms with Gasteiger partial charge in [-0.2, -0.15) is 0 Å². The lowest BCUT2D eigenvalue weighted by atomic mass is 9.61. The molecule has 1 saturated heterocycles. The number of benzene rings is 2. The molecule has 0 saturated carbocycles. The topological polar surface area (TPSA) is 43.8 Å². The van der Waals surface area contributed by atoms with Gasteiger partial charge in [0.15, 0.2) is 0 Å². The molecule has 0 radical (unpaired) electrons. The smallest absolute Gasteiger partial charge is 0.253 e. The van der Waals surface area contributed by atoms with E-state index in [1.807, 2.05) is 54.4 Å². The third-order valence-electron chi connectivity index (χ3n) is 6.22. The first-order valence-electron chi connectivity index (χ1n) is 9.12. The van der Waals surface area contributed by atoms with Gasteiger partial charge in [0.1, 0.15) is 5.75 Å². The zero-order valence-corrected chi connectivity index (χ0v) is 15.4.